The van der Waals surface area contributed by atoms with Gasteiger partial charge in [0.15, 0.2) is 5.82 Å². The van der Waals surface area contributed by atoms with Gasteiger partial charge in [-0.1, -0.05) is 24.9 Å². The molecular formula is C17H27N3O3. The van der Waals surface area contributed by atoms with E-state index in [0.29, 0.717) is 11.6 Å². The third-order valence-electron chi connectivity index (χ3n) is 4.43. The quantitative estimate of drug-likeness (QED) is 0.756. The molecule has 0 aromatic carbocycles. The molecule has 0 bridgehead atoms. The largest absolute Gasteiger partial charge is 0.360 e. The summed E-state index contributed by atoms with van der Waals surface area (Å²) in [4.78, 5) is 24.3. The molecule has 1 aliphatic rings. The first-order valence-corrected chi connectivity index (χ1v) is 8.62. The number of hydrogen-bond acceptors (Lipinski definition) is 4. The van der Waals surface area contributed by atoms with E-state index in [0.717, 1.165) is 51.5 Å². The van der Waals surface area contributed by atoms with E-state index >= 15 is 0 Å². The van der Waals surface area contributed by atoms with E-state index in [1.54, 1.807) is 13.0 Å². The first-order chi connectivity index (χ1) is 11.1. The fourth-order valence-electron chi connectivity index (χ4n) is 3.00. The fourth-order valence-corrected chi connectivity index (χ4v) is 3.00. The van der Waals surface area contributed by atoms with Crippen molar-refractivity contribution < 1.29 is 14.1 Å². The van der Waals surface area contributed by atoms with Gasteiger partial charge in [0.05, 0.1) is 0 Å². The highest BCUT2D eigenvalue weighted by molar-refractivity contribution is 5.91. The molecule has 6 nitrogen and oxygen atoms in total. The van der Waals surface area contributed by atoms with Crippen molar-refractivity contribution >= 4 is 17.6 Å². The zero-order valence-corrected chi connectivity index (χ0v) is 14.1. The van der Waals surface area contributed by atoms with E-state index in [-0.39, 0.29) is 23.7 Å². The van der Waals surface area contributed by atoms with Gasteiger partial charge in [-0.2, -0.15) is 0 Å². The number of anilines is 1. The summed E-state index contributed by atoms with van der Waals surface area (Å²) in [6, 6.07) is 1.70. The summed E-state index contributed by atoms with van der Waals surface area (Å²) >= 11 is 0. The minimum atomic E-state index is -0.0452. The number of nitrogens with one attached hydrogen (secondary N) is 2. The summed E-state index contributed by atoms with van der Waals surface area (Å²) in [7, 11) is 0. The third-order valence-corrected chi connectivity index (χ3v) is 4.43. The average molecular weight is 321 g/mol. The molecule has 6 heteroatoms. The van der Waals surface area contributed by atoms with Crippen LogP contribution in [0.3, 0.4) is 0 Å². The number of rotatable bonds is 7. The van der Waals surface area contributed by atoms with Crippen molar-refractivity contribution in [3.8, 4) is 0 Å². The third kappa shape index (κ3) is 5.37. The smallest absolute Gasteiger partial charge is 0.228 e. The van der Waals surface area contributed by atoms with Crippen molar-refractivity contribution in [2.24, 2.45) is 11.8 Å². The molecule has 0 aliphatic heterocycles. The van der Waals surface area contributed by atoms with Gasteiger partial charge in [0, 0.05) is 24.4 Å². The van der Waals surface area contributed by atoms with Crippen LogP contribution in [0.4, 0.5) is 5.82 Å². The molecule has 0 spiro atoms. The number of aryl methyl sites for hydroxylation is 1. The number of carbonyl (C=O) groups is 2. The lowest BCUT2D eigenvalue weighted by Crippen LogP contribution is -2.35. The van der Waals surface area contributed by atoms with Crippen LogP contribution in [0.2, 0.25) is 0 Å². The lowest BCUT2D eigenvalue weighted by Gasteiger charge is -2.26. The van der Waals surface area contributed by atoms with Gasteiger partial charge in [-0.25, -0.2) is 0 Å². The Bertz CT molecular complexity index is 519. The minimum absolute atomic E-state index is 0.0277. The summed E-state index contributed by atoms with van der Waals surface area (Å²) in [5.41, 5.74) is 0. The molecule has 128 valence electrons. The molecule has 0 saturated heterocycles. The Kier molecular flexibility index (Phi) is 6.62. The molecule has 0 atom stereocenters. The topological polar surface area (TPSA) is 84.2 Å². The van der Waals surface area contributed by atoms with Crippen molar-refractivity contribution in [3.05, 3.63) is 11.8 Å². The number of hydrogen-bond donors (Lipinski definition) is 2. The van der Waals surface area contributed by atoms with Gasteiger partial charge >= 0.3 is 0 Å². The van der Waals surface area contributed by atoms with Crippen LogP contribution < -0.4 is 10.6 Å². The van der Waals surface area contributed by atoms with Crippen LogP contribution in [0.25, 0.3) is 0 Å². The second-order valence-corrected chi connectivity index (χ2v) is 6.36. The molecule has 2 amide bonds. The Morgan fingerprint density at radius 3 is 2.39 bits per heavy atom. The second-order valence-electron chi connectivity index (χ2n) is 6.36. The molecule has 0 radical (unpaired) electrons. The van der Waals surface area contributed by atoms with Crippen LogP contribution >= 0.6 is 0 Å². The van der Waals surface area contributed by atoms with Crippen LogP contribution in [0.15, 0.2) is 10.6 Å². The predicted octanol–water partition coefficient (Wildman–Crippen LogP) is 3.03. The average Bonchev–Trinajstić information content (AvgIpc) is 2.96. The number of carbonyl (C=O) groups excluding carboxylic acids is 2. The van der Waals surface area contributed by atoms with Crippen LogP contribution in [-0.4, -0.2) is 23.5 Å². The maximum Gasteiger partial charge on any atom is 0.228 e. The molecule has 1 aliphatic carbocycles. The second kappa shape index (κ2) is 8.70. The van der Waals surface area contributed by atoms with Gasteiger partial charge in [-0.15, -0.1) is 0 Å². The van der Waals surface area contributed by atoms with Crippen LogP contribution in [0, 0.1) is 18.8 Å². The highest BCUT2D eigenvalue weighted by atomic mass is 16.5. The lowest BCUT2D eigenvalue weighted by atomic mass is 9.81. The Morgan fingerprint density at radius 1 is 1.17 bits per heavy atom. The normalized spacial score (nSPS) is 21.0. The zero-order chi connectivity index (χ0) is 16.7. The highest BCUT2D eigenvalue weighted by Crippen LogP contribution is 2.29. The van der Waals surface area contributed by atoms with Gasteiger partial charge in [-0.3, -0.25) is 9.59 Å². The monoisotopic (exact) mass is 321 g/mol. The van der Waals surface area contributed by atoms with E-state index in [9.17, 15) is 9.59 Å². The fraction of sp³-hybridized carbons (Fsp3) is 0.706. The summed E-state index contributed by atoms with van der Waals surface area (Å²) in [6.07, 6.45) is 6.38. The molecule has 1 fully saturated rings. The maximum absolute atomic E-state index is 12.2. The molecule has 1 aromatic rings. The van der Waals surface area contributed by atoms with E-state index in [2.05, 4.69) is 22.7 Å². The van der Waals surface area contributed by atoms with Crippen molar-refractivity contribution in [3.63, 3.8) is 0 Å². The maximum atomic E-state index is 12.2. The van der Waals surface area contributed by atoms with Crippen molar-refractivity contribution in [2.75, 3.05) is 11.9 Å². The molecule has 0 unspecified atom stereocenters. The minimum Gasteiger partial charge on any atom is -0.360 e. The van der Waals surface area contributed by atoms with Gasteiger partial charge in [0.25, 0.3) is 0 Å². The van der Waals surface area contributed by atoms with E-state index in [1.807, 2.05) is 0 Å². The first-order valence-electron chi connectivity index (χ1n) is 8.62. The van der Waals surface area contributed by atoms with E-state index < -0.39 is 0 Å². The van der Waals surface area contributed by atoms with E-state index in [1.165, 1.54) is 0 Å². The standard InChI is InChI=1S/C17H27N3O3/c1-3-4-5-10-18-16(21)13-6-8-14(9-7-13)17(22)19-15-11-12(2)23-20-15/h11,13-14H,3-10H2,1-2H3,(H,18,21)(H,19,20,22). The van der Waals surface area contributed by atoms with Gasteiger partial charge in [-0.05, 0) is 39.0 Å². The summed E-state index contributed by atoms with van der Waals surface area (Å²) < 4.78 is 4.94. The Balaban J connectivity index is 1.70. The van der Waals surface area contributed by atoms with Crippen LogP contribution in [0.5, 0.6) is 0 Å². The Labute approximate surface area is 137 Å². The number of aromatic nitrogens is 1. The van der Waals surface area contributed by atoms with Gasteiger partial charge < -0.3 is 15.2 Å². The molecular weight excluding hydrogens is 294 g/mol. The van der Waals surface area contributed by atoms with Gasteiger partial charge in [0.2, 0.25) is 11.8 Å². The van der Waals surface area contributed by atoms with Crippen molar-refractivity contribution in [1.82, 2.24) is 10.5 Å². The number of amides is 2. The Hall–Kier alpha value is -1.85. The zero-order valence-electron chi connectivity index (χ0n) is 14.1. The van der Waals surface area contributed by atoms with Crippen LogP contribution in [0.1, 0.15) is 57.6 Å². The number of unbranched alkanes of at least 4 members (excludes halogenated alkanes) is 2. The predicted molar refractivity (Wildman–Crippen MR) is 87.9 cm³/mol. The van der Waals surface area contributed by atoms with Gasteiger partial charge in [0.1, 0.15) is 5.76 Å². The van der Waals surface area contributed by atoms with Crippen molar-refractivity contribution in [2.45, 2.75) is 58.8 Å². The Morgan fingerprint density at radius 2 is 1.83 bits per heavy atom. The summed E-state index contributed by atoms with van der Waals surface area (Å²) in [6.45, 7) is 4.69. The van der Waals surface area contributed by atoms with E-state index in [4.69, 9.17) is 4.52 Å². The first kappa shape index (κ1) is 17.5. The molecule has 1 heterocycles. The summed E-state index contributed by atoms with van der Waals surface area (Å²) in [5.74, 6) is 1.25. The van der Waals surface area contributed by atoms with Crippen LogP contribution in [-0.2, 0) is 9.59 Å². The molecule has 23 heavy (non-hydrogen) atoms. The molecule has 1 saturated carbocycles. The summed E-state index contributed by atoms with van der Waals surface area (Å²) in [5, 5.41) is 9.56. The molecule has 1 aromatic heterocycles. The number of nitrogens with zero attached hydrogens (tertiary/aromatic N) is 1. The van der Waals surface area contributed by atoms with Crippen molar-refractivity contribution in [1.29, 1.82) is 0 Å². The highest BCUT2D eigenvalue weighted by Gasteiger charge is 2.30. The lowest BCUT2D eigenvalue weighted by molar-refractivity contribution is -0.128. The SMILES string of the molecule is CCCCCNC(=O)C1CCC(C(=O)Nc2cc(C)on2)CC1. The molecule has 2 rings (SSSR count). The molecule has 2 N–H and O–H groups in total.